The molecule has 3 N–H and O–H groups in total. The lowest BCUT2D eigenvalue weighted by atomic mass is 9.98. The second kappa shape index (κ2) is 11.4. The van der Waals surface area contributed by atoms with Crippen molar-refractivity contribution >= 4 is 18.0 Å². The lowest BCUT2D eigenvalue weighted by Crippen LogP contribution is -2.36. The summed E-state index contributed by atoms with van der Waals surface area (Å²) in [5, 5.41) is 14.8. The first-order valence-electron chi connectivity index (χ1n) is 12.6. The molecule has 2 amide bonds. The summed E-state index contributed by atoms with van der Waals surface area (Å²) in [6.07, 6.45) is 3.60. The molecule has 0 spiro atoms. The molecular formula is C28H34N2O5. The molecule has 0 heterocycles. The molecule has 3 unspecified atom stereocenters. The Balaban J connectivity index is 1.22. The smallest absolute Gasteiger partial charge is 0.407 e. The van der Waals surface area contributed by atoms with Crippen LogP contribution in [0.15, 0.2) is 48.5 Å². The highest BCUT2D eigenvalue weighted by molar-refractivity contribution is 5.79. The van der Waals surface area contributed by atoms with Crippen LogP contribution in [-0.4, -0.2) is 41.8 Å². The van der Waals surface area contributed by atoms with Gasteiger partial charge in [-0.2, -0.15) is 0 Å². The molecule has 4 rings (SSSR count). The molecule has 7 heteroatoms. The van der Waals surface area contributed by atoms with Crippen molar-refractivity contribution in [3.8, 4) is 11.1 Å². The molecule has 0 saturated heterocycles. The number of rotatable bonds is 10. The third kappa shape index (κ3) is 6.21. The van der Waals surface area contributed by atoms with Crippen molar-refractivity contribution in [1.82, 2.24) is 10.6 Å². The van der Waals surface area contributed by atoms with Gasteiger partial charge in [-0.1, -0.05) is 55.5 Å². The van der Waals surface area contributed by atoms with E-state index in [4.69, 9.17) is 9.84 Å². The van der Waals surface area contributed by atoms with E-state index in [9.17, 15) is 14.4 Å². The molecule has 2 aliphatic carbocycles. The summed E-state index contributed by atoms with van der Waals surface area (Å²) in [6.45, 7) is 2.23. The zero-order valence-electron chi connectivity index (χ0n) is 20.2. The second-order valence-electron chi connectivity index (χ2n) is 9.66. The topological polar surface area (TPSA) is 105 Å². The number of carbonyl (C=O) groups excluding carboxylic acids is 2. The Morgan fingerprint density at radius 2 is 1.69 bits per heavy atom. The molecular weight excluding hydrogens is 444 g/mol. The summed E-state index contributed by atoms with van der Waals surface area (Å²) < 4.78 is 5.65. The van der Waals surface area contributed by atoms with Gasteiger partial charge in [-0.15, -0.1) is 0 Å². The molecule has 0 aliphatic heterocycles. The van der Waals surface area contributed by atoms with E-state index in [0.717, 1.165) is 19.3 Å². The van der Waals surface area contributed by atoms with Crippen LogP contribution < -0.4 is 10.6 Å². The highest BCUT2D eigenvalue weighted by Gasteiger charge is 2.31. The number of nitrogens with one attached hydrogen (secondary N) is 2. The van der Waals surface area contributed by atoms with Crippen molar-refractivity contribution in [2.45, 2.75) is 69.9 Å². The van der Waals surface area contributed by atoms with Crippen molar-refractivity contribution < 1.29 is 24.2 Å². The number of fused-ring (bicyclic) bond motifs is 3. The Labute approximate surface area is 206 Å². The van der Waals surface area contributed by atoms with E-state index in [1.165, 1.54) is 22.3 Å². The van der Waals surface area contributed by atoms with Crippen molar-refractivity contribution in [3.63, 3.8) is 0 Å². The monoisotopic (exact) mass is 478 g/mol. The van der Waals surface area contributed by atoms with Crippen LogP contribution in [0.3, 0.4) is 0 Å². The van der Waals surface area contributed by atoms with Gasteiger partial charge in [0.05, 0.1) is 0 Å². The summed E-state index contributed by atoms with van der Waals surface area (Å²) in [5.41, 5.74) is 4.76. The zero-order valence-corrected chi connectivity index (χ0v) is 20.2. The number of amides is 2. The van der Waals surface area contributed by atoms with E-state index in [1.54, 1.807) is 0 Å². The summed E-state index contributed by atoms with van der Waals surface area (Å²) in [6, 6.07) is 16.4. The van der Waals surface area contributed by atoms with E-state index in [2.05, 4.69) is 34.9 Å². The van der Waals surface area contributed by atoms with E-state index >= 15 is 0 Å². The maximum atomic E-state index is 12.6. The first-order valence-corrected chi connectivity index (χ1v) is 12.6. The van der Waals surface area contributed by atoms with E-state index in [-0.39, 0.29) is 42.9 Å². The first-order chi connectivity index (χ1) is 16.9. The normalized spacial score (nSPS) is 19.5. The fourth-order valence-corrected chi connectivity index (χ4v) is 5.42. The molecule has 2 aromatic rings. The molecule has 2 aliphatic rings. The molecule has 0 radical (unpaired) electrons. The predicted molar refractivity (Wildman–Crippen MR) is 133 cm³/mol. The highest BCUT2D eigenvalue weighted by atomic mass is 16.5. The van der Waals surface area contributed by atoms with Gasteiger partial charge >= 0.3 is 12.1 Å². The van der Waals surface area contributed by atoms with Gasteiger partial charge in [-0.05, 0) is 60.3 Å². The Morgan fingerprint density at radius 3 is 2.31 bits per heavy atom. The van der Waals surface area contributed by atoms with Crippen molar-refractivity contribution in [2.24, 2.45) is 5.92 Å². The Bertz CT molecular complexity index is 1020. The minimum atomic E-state index is -0.851. The average molecular weight is 479 g/mol. The van der Waals surface area contributed by atoms with Crippen LogP contribution in [0.1, 0.15) is 68.9 Å². The Hall–Kier alpha value is -3.35. The lowest BCUT2D eigenvalue weighted by molar-refractivity contribution is -0.137. The maximum absolute atomic E-state index is 12.6. The number of carboxylic acid groups (broad SMARTS) is 1. The summed E-state index contributed by atoms with van der Waals surface area (Å²) >= 11 is 0. The molecule has 35 heavy (non-hydrogen) atoms. The minimum absolute atomic E-state index is 0.00238. The van der Waals surface area contributed by atoms with Crippen LogP contribution in [0.25, 0.3) is 11.1 Å². The molecule has 1 fully saturated rings. The summed E-state index contributed by atoms with van der Waals surface area (Å²) in [7, 11) is 0. The third-order valence-corrected chi connectivity index (χ3v) is 7.25. The molecule has 0 bridgehead atoms. The van der Waals surface area contributed by atoms with E-state index in [1.807, 2.05) is 31.2 Å². The minimum Gasteiger partial charge on any atom is -0.481 e. The van der Waals surface area contributed by atoms with Crippen LogP contribution >= 0.6 is 0 Å². The van der Waals surface area contributed by atoms with Crippen LogP contribution in [0.2, 0.25) is 0 Å². The number of benzene rings is 2. The van der Waals surface area contributed by atoms with Crippen LogP contribution in [0, 0.1) is 5.92 Å². The highest BCUT2D eigenvalue weighted by Crippen LogP contribution is 2.44. The SMILES string of the molecule is CCC(CCC(=O)O)NC(=O)CC1CCC(NC(=O)OCC2c3ccccc3-c3ccccc32)C1. The predicted octanol–water partition coefficient (Wildman–Crippen LogP) is 4.84. The Morgan fingerprint density at radius 1 is 1.03 bits per heavy atom. The Kier molecular flexibility index (Phi) is 8.06. The molecule has 2 aromatic carbocycles. The summed E-state index contributed by atoms with van der Waals surface area (Å²) in [4.78, 5) is 35.8. The van der Waals surface area contributed by atoms with Gasteiger partial charge in [0.2, 0.25) is 5.91 Å². The van der Waals surface area contributed by atoms with Crippen LogP contribution in [-0.2, 0) is 14.3 Å². The molecule has 1 saturated carbocycles. The number of alkyl carbamates (subject to hydrolysis) is 1. The van der Waals surface area contributed by atoms with Gasteiger partial charge in [0.15, 0.2) is 0 Å². The van der Waals surface area contributed by atoms with Crippen molar-refractivity contribution in [1.29, 1.82) is 0 Å². The molecule has 186 valence electrons. The van der Waals surface area contributed by atoms with Gasteiger partial charge in [0.25, 0.3) is 0 Å². The maximum Gasteiger partial charge on any atom is 0.407 e. The number of ether oxygens (including phenoxy) is 1. The number of carboxylic acids is 1. The van der Waals surface area contributed by atoms with E-state index < -0.39 is 12.1 Å². The van der Waals surface area contributed by atoms with Crippen molar-refractivity contribution in [2.75, 3.05) is 6.61 Å². The first kappa shape index (κ1) is 24.8. The summed E-state index contributed by atoms with van der Waals surface area (Å²) in [5.74, 6) is -0.670. The molecule has 3 atom stereocenters. The largest absolute Gasteiger partial charge is 0.481 e. The van der Waals surface area contributed by atoms with Gasteiger partial charge in [-0.3, -0.25) is 9.59 Å². The van der Waals surface area contributed by atoms with Crippen molar-refractivity contribution in [3.05, 3.63) is 59.7 Å². The second-order valence-corrected chi connectivity index (χ2v) is 9.66. The van der Waals surface area contributed by atoms with Crippen LogP contribution in [0.4, 0.5) is 4.79 Å². The number of hydrogen-bond acceptors (Lipinski definition) is 4. The molecule has 0 aromatic heterocycles. The fourth-order valence-electron chi connectivity index (χ4n) is 5.42. The van der Waals surface area contributed by atoms with Gasteiger partial charge in [0, 0.05) is 30.8 Å². The van der Waals surface area contributed by atoms with Gasteiger partial charge in [0.1, 0.15) is 6.61 Å². The average Bonchev–Trinajstić information content (AvgIpc) is 3.42. The zero-order chi connectivity index (χ0) is 24.8. The van der Waals surface area contributed by atoms with E-state index in [0.29, 0.717) is 19.3 Å². The number of carbonyl (C=O) groups is 3. The lowest BCUT2D eigenvalue weighted by Gasteiger charge is -2.18. The standard InChI is InChI=1S/C28H34N2O5/c1-2-19(13-14-27(32)33)29-26(31)16-18-11-12-20(15-18)30-28(34)35-17-25-23-9-5-3-7-21(23)22-8-4-6-10-24(22)25/h3-10,18-20,25H,2,11-17H2,1H3,(H,29,31)(H,30,34)(H,32,33). The quantitative estimate of drug-likeness (QED) is 0.453. The van der Waals surface area contributed by atoms with Gasteiger partial charge in [-0.25, -0.2) is 4.79 Å². The fraction of sp³-hybridized carbons (Fsp3) is 0.464. The van der Waals surface area contributed by atoms with Crippen LogP contribution in [0.5, 0.6) is 0 Å². The number of aliphatic carboxylic acids is 1. The number of hydrogen-bond donors (Lipinski definition) is 3. The third-order valence-electron chi connectivity index (χ3n) is 7.25. The molecule has 7 nitrogen and oxygen atoms in total. The van der Waals surface area contributed by atoms with Gasteiger partial charge < -0.3 is 20.5 Å².